The van der Waals surface area contributed by atoms with Crippen molar-refractivity contribution in [2.75, 3.05) is 13.2 Å². The van der Waals surface area contributed by atoms with Crippen LogP contribution in [0.1, 0.15) is 16.5 Å². The lowest BCUT2D eigenvalue weighted by atomic mass is 10.1. The average molecular weight is 450 g/mol. The molecule has 0 radical (unpaired) electrons. The third-order valence-electron chi connectivity index (χ3n) is 4.99. The van der Waals surface area contributed by atoms with E-state index in [1.54, 1.807) is 11.3 Å². The van der Waals surface area contributed by atoms with Gasteiger partial charge in [-0.25, -0.2) is 0 Å². The summed E-state index contributed by atoms with van der Waals surface area (Å²) in [5, 5.41) is 16.7. The summed E-state index contributed by atoms with van der Waals surface area (Å²) >= 11 is 7.72. The first kappa shape index (κ1) is 21.6. The molecule has 2 unspecified atom stereocenters. The number of halogens is 1. The Balaban J connectivity index is 1.32. The van der Waals surface area contributed by atoms with E-state index in [4.69, 9.17) is 16.3 Å². The van der Waals surface area contributed by atoms with E-state index in [1.807, 2.05) is 72.8 Å². The number of aliphatic hydroxyl groups excluding tert-OH is 1. The minimum absolute atomic E-state index is 0.00271. The molecule has 0 saturated heterocycles. The van der Waals surface area contributed by atoms with Crippen LogP contribution in [0.2, 0.25) is 5.02 Å². The van der Waals surface area contributed by atoms with Gasteiger partial charge in [-0.1, -0.05) is 72.3 Å². The maximum atomic E-state index is 10.5. The van der Waals surface area contributed by atoms with Crippen LogP contribution in [-0.4, -0.2) is 24.4 Å². The van der Waals surface area contributed by atoms with Gasteiger partial charge in [-0.2, -0.15) is 0 Å². The SMILES string of the molecule is OC(CNC(c1ccc(Cl)cc1)c1cccs1)COc1ccc(-c2ccccc2)cc1. The second-order valence-corrected chi connectivity index (χ2v) is 8.68. The van der Waals surface area contributed by atoms with Crippen LogP contribution in [0.25, 0.3) is 11.1 Å². The van der Waals surface area contributed by atoms with Gasteiger partial charge in [0.15, 0.2) is 0 Å². The molecular formula is C26H24ClNO2S. The fraction of sp³-hybridized carbons (Fsp3) is 0.154. The second-order valence-electron chi connectivity index (χ2n) is 7.26. The quantitative estimate of drug-likeness (QED) is 0.320. The number of benzene rings is 3. The number of ether oxygens (including phenoxy) is 1. The Morgan fingerprint density at radius 2 is 1.55 bits per heavy atom. The number of rotatable bonds is 9. The van der Waals surface area contributed by atoms with Crippen LogP contribution in [-0.2, 0) is 0 Å². The molecule has 3 nitrogen and oxygen atoms in total. The predicted octanol–water partition coefficient (Wildman–Crippen LogP) is 6.19. The van der Waals surface area contributed by atoms with Crippen molar-refractivity contribution < 1.29 is 9.84 Å². The molecule has 0 spiro atoms. The van der Waals surface area contributed by atoms with Crippen molar-refractivity contribution in [2.45, 2.75) is 12.1 Å². The molecule has 0 bridgehead atoms. The second kappa shape index (κ2) is 10.6. The lowest BCUT2D eigenvalue weighted by molar-refractivity contribution is 0.105. The molecule has 31 heavy (non-hydrogen) atoms. The Labute approximate surface area is 191 Å². The van der Waals surface area contributed by atoms with Gasteiger partial charge in [-0.3, -0.25) is 0 Å². The van der Waals surface area contributed by atoms with E-state index in [-0.39, 0.29) is 12.6 Å². The molecule has 1 heterocycles. The summed E-state index contributed by atoms with van der Waals surface area (Å²) in [4.78, 5) is 1.19. The molecule has 2 atom stereocenters. The normalized spacial score (nSPS) is 13.0. The highest BCUT2D eigenvalue weighted by molar-refractivity contribution is 7.10. The van der Waals surface area contributed by atoms with E-state index in [0.29, 0.717) is 11.6 Å². The molecule has 5 heteroatoms. The van der Waals surface area contributed by atoms with E-state index in [0.717, 1.165) is 16.9 Å². The van der Waals surface area contributed by atoms with Gasteiger partial charge in [-0.05, 0) is 52.4 Å². The monoisotopic (exact) mass is 449 g/mol. The fourth-order valence-corrected chi connectivity index (χ4v) is 4.33. The topological polar surface area (TPSA) is 41.5 Å². The zero-order chi connectivity index (χ0) is 21.5. The van der Waals surface area contributed by atoms with Crippen LogP contribution in [0, 0.1) is 0 Å². The Morgan fingerprint density at radius 3 is 2.23 bits per heavy atom. The fourth-order valence-electron chi connectivity index (χ4n) is 3.37. The molecule has 4 rings (SSSR count). The van der Waals surface area contributed by atoms with Gasteiger partial charge in [0, 0.05) is 16.4 Å². The highest BCUT2D eigenvalue weighted by atomic mass is 35.5. The molecular weight excluding hydrogens is 426 g/mol. The zero-order valence-electron chi connectivity index (χ0n) is 16.9. The summed E-state index contributed by atoms with van der Waals surface area (Å²) in [7, 11) is 0. The van der Waals surface area contributed by atoms with Crippen LogP contribution in [0.4, 0.5) is 0 Å². The van der Waals surface area contributed by atoms with Gasteiger partial charge in [0.05, 0.1) is 6.04 Å². The molecule has 0 amide bonds. The maximum absolute atomic E-state index is 10.5. The third-order valence-corrected chi connectivity index (χ3v) is 6.18. The highest BCUT2D eigenvalue weighted by Gasteiger charge is 2.17. The van der Waals surface area contributed by atoms with Crippen molar-refractivity contribution in [1.82, 2.24) is 5.32 Å². The summed E-state index contributed by atoms with van der Waals surface area (Å²) in [5.74, 6) is 0.742. The van der Waals surface area contributed by atoms with Crippen LogP contribution in [0.3, 0.4) is 0 Å². The van der Waals surface area contributed by atoms with Crippen LogP contribution in [0.5, 0.6) is 5.75 Å². The van der Waals surface area contributed by atoms with E-state index in [2.05, 4.69) is 28.9 Å². The molecule has 0 aliphatic rings. The molecule has 0 aliphatic heterocycles. The van der Waals surface area contributed by atoms with Crippen LogP contribution < -0.4 is 10.1 Å². The minimum Gasteiger partial charge on any atom is -0.491 e. The third kappa shape index (κ3) is 5.96. The number of hydrogen-bond acceptors (Lipinski definition) is 4. The minimum atomic E-state index is -0.636. The number of hydrogen-bond donors (Lipinski definition) is 2. The predicted molar refractivity (Wildman–Crippen MR) is 129 cm³/mol. The molecule has 4 aromatic rings. The number of aliphatic hydroxyl groups is 1. The van der Waals surface area contributed by atoms with Crippen LogP contribution in [0.15, 0.2) is 96.4 Å². The largest absolute Gasteiger partial charge is 0.491 e. The Kier molecular flexibility index (Phi) is 7.39. The van der Waals surface area contributed by atoms with Gasteiger partial charge < -0.3 is 15.2 Å². The van der Waals surface area contributed by atoms with Crippen molar-refractivity contribution >= 4 is 22.9 Å². The van der Waals surface area contributed by atoms with Crippen molar-refractivity contribution in [3.63, 3.8) is 0 Å². The van der Waals surface area contributed by atoms with Crippen molar-refractivity contribution in [2.24, 2.45) is 0 Å². The Hall–Kier alpha value is -2.63. The molecule has 2 N–H and O–H groups in total. The Morgan fingerprint density at radius 1 is 0.839 bits per heavy atom. The van der Waals surface area contributed by atoms with Crippen molar-refractivity contribution in [3.05, 3.63) is 112 Å². The maximum Gasteiger partial charge on any atom is 0.119 e. The first-order valence-electron chi connectivity index (χ1n) is 10.2. The van der Waals surface area contributed by atoms with Gasteiger partial charge in [0.2, 0.25) is 0 Å². The molecule has 3 aromatic carbocycles. The van der Waals surface area contributed by atoms with Crippen molar-refractivity contribution in [1.29, 1.82) is 0 Å². The standard InChI is InChI=1S/C26H24ClNO2S/c27-22-12-8-21(9-13-22)26(25-7-4-16-31-25)28-17-23(29)18-30-24-14-10-20(11-15-24)19-5-2-1-3-6-19/h1-16,23,26,28-29H,17-18H2. The lowest BCUT2D eigenvalue weighted by Crippen LogP contribution is -2.34. The number of nitrogens with one attached hydrogen (secondary N) is 1. The first-order valence-corrected chi connectivity index (χ1v) is 11.4. The van der Waals surface area contributed by atoms with Gasteiger partial charge in [0.1, 0.15) is 18.5 Å². The van der Waals surface area contributed by atoms with E-state index in [1.165, 1.54) is 10.4 Å². The summed E-state index contributed by atoms with van der Waals surface area (Å²) in [5.41, 5.74) is 3.41. The summed E-state index contributed by atoms with van der Waals surface area (Å²) < 4.78 is 5.80. The zero-order valence-corrected chi connectivity index (χ0v) is 18.5. The lowest BCUT2D eigenvalue weighted by Gasteiger charge is -2.21. The summed E-state index contributed by atoms with van der Waals surface area (Å²) in [6.45, 7) is 0.628. The van der Waals surface area contributed by atoms with Gasteiger partial charge in [-0.15, -0.1) is 11.3 Å². The van der Waals surface area contributed by atoms with E-state index in [9.17, 15) is 5.11 Å². The van der Waals surface area contributed by atoms with E-state index < -0.39 is 6.10 Å². The van der Waals surface area contributed by atoms with Crippen LogP contribution >= 0.6 is 22.9 Å². The first-order chi connectivity index (χ1) is 15.2. The summed E-state index contributed by atoms with van der Waals surface area (Å²) in [6.07, 6.45) is -0.636. The molecule has 0 saturated carbocycles. The Bertz CT molecular complexity index is 1050. The summed E-state index contributed by atoms with van der Waals surface area (Å²) in [6, 6.07) is 30.1. The molecule has 0 aliphatic carbocycles. The van der Waals surface area contributed by atoms with Crippen molar-refractivity contribution in [3.8, 4) is 16.9 Å². The van der Waals surface area contributed by atoms with Gasteiger partial charge in [0.25, 0.3) is 0 Å². The average Bonchev–Trinajstić information content (AvgIpc) is 3.34. The number of thiophene rings is 1. The van der Waals surface area contributed by atoms with E-state index >= 15 is 0 Å². The highest BCUT2D eigenvalue weighted by Crippen LogP contribution is 2.27. The molecule has 1 aromatic heterocycles. The molecule has 0 fully saturated rings. The van der Waals surface area contributed by atoms with Gasteiger partial charge >= 0.3 is 0 Å². The smallest absolute Gasteiger partial charge is 0.119 e. The molecule has 158 valence electrons.